The highest BCUT2D eigenvalue weighted by Crippen LogP contribution is 2.17. The molecule has 0 atom stereocenters. The monoisotopic (exact) mass is 334 g/mol. The molecule has 1 amide bonds. The molecule has 0 fully saturated rings. The largest absolute Gasteiger partial charge is 0.372 e. The maximum atomic E-state index is 11.4. The lowest BCUT2D eigenvalue weighted by Crippen LogP contribution is -2.29. The molecule has 0 spiro atoms. The van der Waals surface area contributed by atoms with E-state index in [-0.39, 0.29) is 5.91 Å². The van der Waals surface area contributed by atoms with E-state index in [1.165, 1.54) is 0 Å². The molecule has 0 aliphatic carbocycles. The SMILES string of the molecule is NNC(=O)c1cccc(COCc2ccccc2Br)c1. The minimum Gasteiger partial charge on any atom is -0.372 e. The van der Waals surface area contributed by atoms with Gasteiger partial charge in [0.15, 0.2) is 0 Å². The predicted molar refractivity (Wildman–Crippen MR) is 80.7 cm³/mol. The van der Waals surface area contributed by atoms with Crippen molar-refractivity contribution in [3.63, 3.8) is 0 Å². The molecule has 2 aromatic rings. The summed E-state index contributed by atoms with van der Waals surface area (Å²) in [5.74, 6) is 4.80. The molecular weight excluding hydrogens is 320 g/mol. The lowest BCUT2D eigenvalue weighted by molar-refractivity contribution is 0.0951. The molecule has 0 aliphatic heterocycles. The Kier molecular flexibility index (Phi) is 5.29. The van der Waals surface area contributed by atoms with Crippen LogP contribution >= 0.6 is 15.9 Å². The van der Waals surface area contributed by atoms with Crippen molar-refractivity contribution >= 4 is 21.8 Å². The smallest absolute Gasteiger partial charge is 0.265 e. The third kappa shape index (κ3) is 3.90. The molecule has 0 unspecified atom stereocenters. The van der Waals surface area contributed by atoms with Crippen molar-refractivity contribution in [1.29, 1.82) is 0 Å². The van der Waals surface area contributed by atoms with Crippen LogP contribution in [0.4, 0.5) is 0 Å². The van der Waals surface area contributed by atoms with Gasteiger partial charge in [-0.05, 0) is 29.3 Å². The number of halogens is 1. The number of carbonyl (C=O) groups is 1. The van der Waals surface area contributed by atoms with Crippen LogP contribution in [0.2, 0.25) is 0 Å². The Morgan fingerprint density at radius 3 is 2.70 bits per heavy atom. The molecule has 2 aromatic carbocycles. The van der Waals surface area contributed by atoms with Crippen LogP contribution < -0.4 is 11.3 Å². The minimum absolute atomic E-state index is 0.308. The maximum Gasteiger partial charge on any atom is 0.265 e. The molecule has 0 aromatic heterocycles. The third-order valence-electron chi connectivity index (χ3n) is 2.80. The van der Waals surface area contributed by atoms with E-state index in [0.29, 0.717) is 18.8 Å². The van der Waals surface area contributed by atoms with Crippen LogP contribution in [0.5, 0.6) is 0 Å². The van der Waals surface area contributed by atoms with Gasteiger partial charge in [-0.3, -0.25) is 10.2 Å². The van der Waals surface area contributed by atoms with Gasteiger partial charge in [0.25, 0.3) is 5.91 Å². The number of rotatable bonds is 5. The maximum absolute atomic E-state index is 11.4. The molecule has 4 nitrogen and oxygen atoms in total. The summed E-state index contributed by atoms with van der Waals surface area (Å²) in [5.41, 5.74) is 4.65. The zero-order valence-electron chi connectivity index (χ0n) is 10.8. The normalized spacial score (nSPS) is 10.3. The summed E-state index contributed by atoms with van der Waals surface area (Å²) in [6, 6.07) is 15.1. The first kappa shape index (κ1) is 14.7. The van der Waals surface area contributed by atoms with Gasteiger partial charge in [0.2, 0.25) is 0 Å². The molecule has 0 heterocycles. The van der Waals surface area contributed by atoms with Gasteiger partial charge >= 0.3 is 0 Å². The van der Waals surface area contributed by atoms with Gasteiger partial charge in [-0.1, -0.05) is 46.3 Å². The molecule has 0 saturated carbocycles. The fraction of sp³-hybridized carbons (Fsp3) is 0.133. The lowest BCUT2D eigenvalue weighted by atomic mass is 10.1. The Labute approximate surface area is 126 Å². The number of nitrogens with two attached hydrogens (primary N) is 1. The summed E-state index contributed by atoms with van der Waals surface area (Å²) in [6.45, 7) is 0.946. The molecule has 104 valence electrons. The number of nitrogen functional groups attached to an aromatic ring is 1. The predicted octanol–water partition coefficient (Wildman–Crippen LogP) is 2.77. The number of amides is 1. The van der Waals surface area contributed by atoms with Gasteiger partial charge in [0.05, 0.1) is 13.2 Å². The van der Waals surface area contributed by atoms with E-state index < -0.39 is 0 Å². The summed E-state index contributed by atoms with van der Waals surface area (Å²) < 4.78 is 6.69. The minimum atomic E-state index is -0.308. The molecular formula is C15H15BrN2O2. The third-order valence-corrected chi connectivity index (χ3v) is 3.58. The van der Waals surface area contributed by atoms with Gasteiger partial charge in [-0.15, -0.1) is 0 Å². The molecule has 0 radical (unpaired) electrons. The van der Waals surface area contributed by atoms with Crippen LogP contribution in [0.3, 0.4) is 0 Å². The summed E-state index contributed by atoms with van der Waals surface area (Å²) in [6.07, 6.45) is 0. The summed E-state index contributed by atoms with van der Waals surface area (Å²) in [7, 11) is 0. The second-order valence-corrected chi connectivity index (χ2v) is 5.11. The van der Waals surface area contributed by atoms with Crippen molar-refractivity contribution in [2.24, 2.45) is 5.84 Å². The Bertz CT molecular complexity index is 602. The number of carbonyl (C=O) groups excluding carboxylic acids is 1. The Balaban J connectivity index is 1.94. The van der Waals surface area contributed by atoms with E-state index >= 15 is 0 Å². The quantitative estimate of drug-likeness (QED) is 0.502. The number of hydrogen-bond acceptors (Lipinski definition) is 3. The highest BCUT2D eigenvalue weighted by atomic mass is 79.9. The molecule has 0 aliphatic rings. The summed E-state index contributed by atoms with van der Waals surface area (Å²) in [4.78, 5) is 11.4. The van der Waals surface area contributed by atoms with Crippen LogP contribution in [0, 0.1) is 0 Å². The second kappa shape index (κ2) is 7.19. The van der Waals surface area contributed by atoms with Crippen molar-refractivity contribution < 1.29 is 9.53 Å². The zero-order valence-corrected chi connectivity index (χ0v) is 12.4. The number of ether oxygens (including phenoxy) is 1. The number of nitrogens with one attached hydrogen (secondary N) is 1. The molecule has 2 rings (SSSR count). The molecule has 0 bridgehead atoms. The van der Waals surface area contributed by atoms with Gasteiger partial charge < -0.3 is 4.74 Å². The van der Waals surface area contributed by atoms with E-state index in [0.717, 1.165) is 15.6 Å². The first-order valence-electron chi connectivity index (χ1n) is 6.11. The average molecular weight is 335 g/mol. The topological polar surface area (TPSA) is 64.3 Å². The van der Waals surface area contributed by atoms with Gasteiger partial charge in [0.1, 0.15) is 0 Å². The molecule has 3 N–H and O–H groups in total. The van der Waals surface area contributed by atoms with Gasteiger partial charge in [-0.25, -0.2) is 5.84 Å². The highest BCUT2D eigenvalue weighted by molar-refractivity contribution is 9.10. The average Bonchev–Trinajstić information content (AvgIpc) is 2.49. The zero-order chi connectivity index (χ0) is 14.4. The van der Waals surface area contributed by atoms with Gasteiger partial charge in [0, 0.05) is 10.0 Å². The molecule has 0 saturated heterocycles. The standard InChI is InChI=1S/C15H15BrN2O2/c16-14-7-2-1-5-13(14)10-20-9-11-4-3-6-12(8-11)15(19)18-17/h1-8H,9-10,17H2,(H,18,19). The van der Waals surface area contributed by atoms with Crippen molar-refractivity contribution in [3.8, 4) is 0 Å². The second-order valence-electron chi connectivity index (χ2n) is 4.26. The fourth-order valence-corrected chi connectivity index (χ4v) is 2.18. The van der Waals surface area contributed by atoms with Crippen LogP contribution in [0.25, 0.3) is 0 Å². The summed E-state index contributed by atoms with van der Waals surface area (Å²) in [5, 5.41) is 0. The first-order valence-corrected chi connectivity index (χ1v) is 6.91. The van der Waals surface area contributed by atoms with Crippen LogP contribution in [-0.2, 0) is 18.0 Å². The Hall–Kier alpha value is -1.69. The Morgan fingerprint density at radius 2 is 1.95 bits per heavy atom. The number of hydrazine groups is 1. The van der Waals surface area contributed by atoms with Crippen LogP contribution in [0.1, 0.15) is 21.5 Å². The van der Waals surface area contributed by atoms with Crippen molar-refractivity contribution in [2.75, 3.05) is 0 Å². The van der Waals surface area contributed by atoms with E-state index in [9.17, 15) is 4.79 Å². The van der Waals surface area contributed by atoms with Crippen molar-refractivity contribution in [3.05, 3.63) is 69.7 Å². The number of hydrogen-bond donors (Lipinski definition) is 2. The Morgan fingerprint density at radius 1 is 1.15 bits per heavy atom. The molecule has 20 heavy (non-hydrogen) atoms. The van der Waals surface area contributed by atoms with Gasteiger partial charge in [-0.2, -0.15) is 0 Å². The molecule has 5 heteroatoms. The number of benzene rings is 2. The van der Waals surface area contributed by atoms with Crippen molar-refractivity contribution in [2.45, 2.75) is 13.2 Å². The van der Waals surface area contributed by atoms with E-state index in [1.54, 1.807) is 12.1 Å². The highest BCUT2D eigenvalue weighted by Gasteiger charge is 2.04. The van der Waals surface area contributed by atoms with Crippen molar-refractivity contribution in [1.82, 2.24) is 5.43 Å². The van der Waals surface area contributed by atoms with E-state index in [4.69, 9.17) is 10.6 Å². The van der Waals surface area contributed by atoms with E-state index in [2.05, 4.69) is 21.4 Å². The fourth-order valence-electron chi connectivity index (χ4n) is 1.78. The summed E-state index contributed by atoms with van der Waals surface area (Å²) >= 11 is 3.48. The van der Waals surface area contributed by atoms with Crippen LogP contribution in [-0.4, -0.2) is 5.91 Å². The first-order chi connectivity index (χ1) is 9.70. The lowest BCUT2D eigenvalue weighted by Gasteiger charge is -2.07. The van der Waals surface area contributed by atoms with Crippen LogP contribution in [0.15, 0.2) is 53.0 Å². The van der Waals surface area contributed by atoms with E-state index in [1.807, 2.05) is 36.4 Å².